The van der Waals surface area contributed by atoms with Crippen LogP contribution in [0.3, 0.4) is 0 Å². The van der Waals surface area contributed by atoms with Crippen LogP contribution >= 0.6 is 0 Å². The second-order valence-corrected chi connectivity index (χ2v) is 4.45. The van der Waals surface area contributed by atoms with E-state index in [0.29, 0.717) is 17.5 Å². The molecule has 2 aromatic rings. The highest BCUT2D eigenvalue weighted by Gasteiger charge is 2.13. The minimum Gasteiger partial charge on any atom is -0.495 e. The first-order chi connectivity index (χ1) is 8.54. The number of hydrogen-bond donors (Lipinski definition) is 0. The normalized spacial score (nSPS) is 10.9. The van der Waals surface area contributed by atoms with E-state index in [1.54, 1.807) is 36.2 Å². The Bertz CT molecular complexity index is 594. The molecule has 0 radical (unpaired) electrons. The minimum absolute atomic E-state index is 0.0705. The Balaban J connectivity index is 2.53. The van der Waals surface area contributed by atoms with Gasteiger partial charge in [-0.15, -0.1) is 0 Å². The Morgan fingerprint density at radius 3 is 2.50 bits per heavy atom. The van der Waals surface area contributed by atoms with E-state index in [9.17, 15) is 4.79 Å². The van der Waals surface area contributed by atoms with Gasteiger partial charge >= 0.3 is 0 Å². The summed E-state index contributed by atoms with van der Waals surface area (Å²) in [5.41, 5.74) is 0.913. The minimum atomic E-state index is -0.0705. The van der Waals surface area contributed by atoms with Gasteiger partial charge in [-0.3, -0.25) is 9.48 Å². The van der Waals surface area contributed by atoms with E-state index in [0.717, 1.165) is 5.69 Å². The van der Waals surface area contributed by atoms with E-state index < -0.39 is 0 Å². The lowest BCUT2D eigenvalue weighted by Gasteiger charge is -2.11. The van der Waals surface area contributed by atoms with E-state index in [1.165, 1.54) is 0 Å². The zero-order valence-electron chi connectivity index (χ0n) is 11.0. The van der Waals surface area contributed by atoms with Gasteiger partial charge in [0.25, 0.3) is 5.56 Å². The second-order valence-electron chi connectivity index (χ2n) is 4.45. The van der Waals surface area contributed by atoms with Gasteiger partial charge in [0.1, 0.15) is 5.75 Å². The van der Waals surface area contributed by atoms with Gasteiger partial charge in [-0.25, -0.2) is 4.98 Å². The van der Waals surface area contributed by atoms with Crippen LogP contribution in [0, 0.1) is 0 Å². The van der Waals surface area contributed by atoms with Crippen molar-refractivity contribution in [1.29, 1.82) is 0 Å². The zero-order chi connectivity index (χ0) is 13.3. The molecule has 0 saturated heterocycles. The average molecular weight is 247 g/mol. The van der Waals surface area contributed by atoms with Crippen LogP contribution in [0.5, 0.6) is 5.75 Å². The van der Waals surface area contributed by atoms with Gasteiger partial charge in [0, 0.05) is 18.8 Å². The van der Waals surface area contributed by atoms with Crippen molar-refractivity contribution in [2.75, 3.05) is 7.11 Å². The quantitative estimate of drug-likeness (QED) is 0.829. The molecular weight excluding hydrogens is 230 g/mol. The lowest BCUT2D eigenvalue weighted by Crippen LogP contribution is -2.20. The molecule has 0 aliphatic carbocycles. The van der Waals surface area contributed by atoms with E-state index in [-0.39, 0.29) is 5.56 Å². The summed E-state index contributed by atoms with van der Waals surface area (Å²) in [6.07, 6.45) is 1.60. The molecule has 0 bridgehead atoms. The number of methoxy groups -OCH3 is 1. The molecule has 18 heavy (non-hydrogen) atoms. The maximum atomic E-state index is 12.0. The molecule has 5 nitrogen and oxygen atoms in total. The lowest BCUT2D eigenvalue weighted by molar-refractivity contribution is 0.412. The molecule has 5 heteroatoms. The Hall–Kier alpha value is -2.04. The predicted molar refractivity (Wildman–Crippen MR) is 69.4 cm³/mol. The number of aromatic nitrogens is 3. The first kappa shape index (κ1) is 12.4. The smallest absolute Gasteiger partial charge is 0.273 e. The molecule has 96 valence electrons. The Kier molecular flexibility index (Phi) is 3.23. The van der Waals surface area contributed by atoms with Crippen molar-refractivity contribution in [2.45, 2.75) is 19.8 Å². The lowest BCUT2D eigenvalue weighted by atomic mass is 10.1. The van der Waals surface area contributed by atoms with E-state index in [4.69, 9.17) is 4.74 Å². The molecule has 0 atom stereocenters. The maximum Gasteiger partial charge on any atom is 0.273 e. The van der Waals surface area contributed by atoms with Crippen LogP contribution in [0.2, 0.25) is 0 Å². The fourth-order valence-corrected chi connectivity index (χ4v) is 1.97. The fourth-order valence-electron chi connectivity index (χ4n) is 1.97. The third-order valence-corrected chi connectivity index (χ3v) is 2.92. The average Bonchev–Trinajstić information content (AvgIpc) is 2.65. The van der Waals surface area contributed by atoms with Crippen LogP contribution in [0.1, 0.15) is 25.5 Å². The summed E-state index contributed by atoms with van der Waals surface area (Å²) in [6.45, 7) is 4.11. The van der Waals surface area contributed by atoms with Crippen molar-refractivity contribution in [1.82, 2.24) is 14.3 Å². The fraction of sp³-hybridized carbons (Fsp3) is 0.385. The highest BCUT2D eigenvalue weighted by atomic mass is 16.5. The van der Waals surface area contributed by atoms with Crippen LogP contribution in [0.15, 0.2) is 29.2 Å². The van der Waals surface area contributed by atoms with Crippen molar-refractivity contribution >= 4 is 0 Å². The van der Waals surface area contributed by atoms with Crippen molar-refractivity contribution < 1.29 is 4.74 Å². The number of nitrogens with zero attached hydrogens (tertiary/aromatic N) is 3. The standard InChI is InChI=1S/C13H17N3O2/c1-9(2)11-7-13(17)16(15(11)3)12-6-5-10(18-4)8-14-12/h5-9H,1-4H3. The number of pyridine rings is 1. The second kappa shape index (κ2) is 4.68. The molecule has 0 N–H and O–H groups in total. The molecule has 0 spiro atoms. The van der Waals surface area contributed by atoms with Gasteiger partial charge in [-0.1, -0.05) is 13.8 Å². The van der Waals surface area contributed by atoms with Gasteiger partial charge < -0.3 is 4.74 Å². The summed E-state index contributed by atoms with van der Waals surface area (Å²) in [5.74, 6) is 1.56. The molecule has 0 aliphatic heterocycles. The summed E-state index contributed by atoms with van der Waals surface area (Å²) < 4.78 is 8.44. The van der Waals surface area contributed by atoms with Gasteiger partial charge in [0.2, 0.25) is 0 Å². The van der Waals surface area contributed by atoms with Gasteiger partial charge in [-0.05, 0) is 18.1 Å². The molecule has 0 unspecified atom stereocenters. The number of rotatable bonds is 3. The first-order valence-electron chi connectivity index (χ1n) is 5.84. The molecule has 0 saturated carbocycles. The van der Waals surface area contributed by atoms with E-state index >= 15 is 0 Å². The SMILES string of the molecule is COc1ccc(-n2c(=O)cc(C(C)C)n2C)nc1. The van der Waals surface area contributed by atoms with Crippen molar-refractivity contribution in [3.63, 3.8) is 0 Å². The van der Waals surface area contributed by atoms with Crippen molar-refractivity contribution in [2.24, 2.45) is 7.05 Å². The molecular formula is C13H17N3O2. The van der Waals surface area contributed by atoms with Gasteiger partial charge in [-0.2, -0.15) is 4.68 Å². The predicted octanol–water partition coefficient (Wildman–Crippen LogP) is 1.70. The summed E-state index contributed by atoms with van der Waals surface area (Å²) >= 11 is 0. The van der Waals surface area contributed by atoms with Crippen molar-refractivity contribution in [3.05, 3.63) is 40.4 Å². The highest BCUT2D eigenvalue weighted by Crippen LogP contribution is 2.15. The Morgan fingerprint density at radius 2 is 2.06 bits per heavy atom. The Labute approximate surface area is 106 Å². The summed E-state index contributed by atoms with van der Waals surface area (Å²) in [6, 6.07) is 5.21. The van der Waals surface area contributed by atoms with Gasteiger partial charge in [0.15, 0.2) is 5.82 Å². The number of hydrogen-bond acceptors (Lipinski definition) is 3. The third-order valence-electron chi connectivity index (χ3n) is 2.92. The molecule has 0 fully saturated rings. The van der Waals surface area contributed by atoms with Crippen LogP contribution in [0.4, 0.5) is 0 Å². The summed E-state index contributed by atoms with van der Waals surface area (Å²) in [7, 11) is 3.45. The molecule has 2 rings (SSSR count). The van der Waals surface area contributed by atoms with E-state index in [2.05, 4.69) is 18.8 Å². The molecule has 0 amide bonds. The molecule has 2 aromatic heterocycles. The maximum absolute atomic E-state index is 12.0. The van der Waals surface area contributed by atoms with Gasteiger partial charge in [0.05, 0.1) is 13.3 Å². The van der Waals surface area contributed by atoms with Crippen LogP contribution in [0.25, 0.3) is 5.82 Å². The van der Waals surface area contributed by atoms with Crippen LogP contribution in [-0.2, 0) is 7.05 Å². The monoisotopic (exact) mass is 247 g/mol. The summed E-state index contributed by atoms with van der Waals surface area (Å²) in [4.78, 5) is 16.2. The molecule has 2 heterocycles. The summed E-state index contributed by atoms with van der Waals surface area (Å²) in [5, 5.41) is 0. The number of ether oxygens (including phenoxy) is 1. The van der Waals surface area contributed by atoms with E-state index in [1.807, 2.05) is 11.7 Å². The largest absolute Gasteiger partial charge is 0.495 e. The Morgan fingerprint density at radius 1 is 1.33 bits per heavy atom. The third kappa shape index (κ3) is 2.03. The first-order valence-corrected chi connectivity index (χ1v) is 5.84. The van der Waals surface area contributed by atoms with Crippen molar-refractivity contribution in [3.8, 4) is 11.6 Å². The van der Waals surface area contributed by atoms with Crippen LogP contribution < -0.4 is 10.3 Å². The zero-order valence-corrected chi connectivity index (χ0v) is 11.0. The molecule has 0 aliphatic rings. The van der Waals surface area contributed by atoms with Crippen LogP contribution in [-0.4, -0.2) is 21.5 Å². The topological polar surface area (TPSA) is 49.0 Å². The highest BCUT2D eigenvalue weighted by molar-refractivity contribution is 5.29. The molecule has 0 aromatic carbocycles.